The van der Waals surface area contributed by atoms with Gasteiger partial charge < -0.3 is 5.11 Å². The standard InChI is InChI=1S/C18H16O2/c1-13-17(19)12-16(14-8-4-2-5-9-14)18(13,20)15-10-6-3-7-11-15/h2-13,20H,1H3. The molecule has 2 heteroatoms. The van der Waals surface area contributed by atoms with Crippen molar-refractivity contribution in [3.8, 4) is 0 Å². The van der Waals surface area contributed by atoms with Crippen molar-refractivity contribution >= 4 is 11.4 Å². The number of hydrogen-bond donors (Lipinski definition) is 1. The first kappa shape index (κ1) is 12.8. The Bertz CT molecular complexity index is 658. The summed E-state index contributed by atoms with van der Waals surface area (Å²) in [5.41, 5.74) is 1.08. The van der Waals surface area contributed by atoms with Crippen LogP contribution in [-0.4, -0.2) is 10.9 Å². The SMILES string of the molecule is CC1C(=O)C=C(c2ccccc2)C1(O)c1ccccc1. The Hall–Kier alpha value is -2.19. The molecule has 3 rings (SSSR count). The minimum atomic E-state index is -1.25. The minimum absolute atomic E-state index is 0.0322. The zero-order valence-corrected chi connectivity index (χ0v) is 11.3. The Morgan fingerprint density at radius 3 is 2.10 bits per heavy atom. The number of ketones is 1. The fraction of sp³-hybridized carbons (Fsp3) is 0.167. The molecule has 2 nitrogen and oxygen atoms in total. The van der Waals surface area contributed by atoms with E-state index in [-0.39, 0.29) is 5.78 Å². The second-order valence-electron chi connectivity index (χ2n) is 5.18. The van der Waals surface area contributed by atoms with Gasteiger partial charge in [0.15, 0.2) is 5.78 Å². The molecule has 0 aliphatic heterocycles. The second kappa shape index (κ2) is 4.73. The lowest BCUT2D eigenvalue weighted by atomic mass is 9.78. The van der Waals surface area contributed by atoms with E-state index in [1.165, 1.54) is 0 Å². The molecule has 0 spiro atoms. The van der Waals surface area contributed by atoms with Crippen LogP contribution in [-0.2, 0) is 10.4 Å². The number of allylic oxidation sites excluding steroid dienone is 1. The number of carbonyl (C=O) groups excluding carboxylic acids is 1. The van der Waals surface area contributed by atoms with Crippen LogP contribution in [0.1, 0.15) is 18.1 Å². The van der Waals surface area contributed by atoms with Crippen LogP contribution in [0.15, 0.2) is 66.7 Å². The molecular weight excluding hydrogens is 248 g/mol. The Morgan fingerprint density at radius 2 is 1.50 bits per heavy atom. The summed E-state index contributed by atoms with van der Waals surface area (Å²) in [6.45, 7) is 1.78. The lowest BCUT2D eigenvalue weighted by Gasteiger charge is -2.31. The van der Waals surface area contributed by atoms with Crippen LogP contribution in [0.2, 0.25) is 0 Å². The van der Waals surface area contributed by atoms with Crippen LogP contribution >= 0.6 is 0 Å². The van der Waals surface area contributed by atoms with Crippen molar-refractivity contribution in [2.24, 2.45) is 5.92 Å². The lowest BCUT2D eigenvalue weighted by Crippen LogP contribution is -2.33. The largest absolute Gasteiger partial charge is 0.380 e. The van der Waals surface area contributed by atoms with Crippen LogP contribution in [0.25, 0.3) is 5.57 Å². The zero-order valence-electron chi connectivity index (χ0n) is 11.3. The molecule has 100 valence electrons. The lowest BCUT2D eigenvalue weighted by molar-refractivity contribution is -0.121. The number of hydrogen-bond acceptors (Lipinski definition) is 2. The highest BCUT2D eigenvalue weighted by atomic mass is 16.3. The Morgan fingerprint density at radius 1 is 0.950 bits per heavy atom. The zero-order chi connectivity index (χ0) is 14.2. The van der Waals surface area contributed by atoms with E-state index in [2.05, 4.69) is 0 Å². The summed E-state index contributed by atoms with van der Waals surface area (Å²) in [7, 11) is 0. The molecule has 0 saturated carbocycles. The summed E-state index contributed by atoms with van der Waals surface area (Å²) in [4.78, 5) is 12.1. The summed E-state index contributed by atoms with van der Waals surface area (Å²) < 4.78 is 0. The van der Waals surface area contributed by atoms with Crippen molar-refractivity contribution in [2.45, 2.75) is 12.5 Å². The molecule has 0 bridgehead atoms. The van der Waals surface area contributed by atoms with E-state index in [0.29, 0.717) is 5.57 Å². The van der Waals surface area contributed by atoms with E-state index in [9.17, 15) is 9.90 Å². The van der Waals surface area contributed by atoms with E-state index in [4.69, 9.17) is 0 Å². The average Bonchev–Trinajstić information content (AvgIpc) is 2.74. The first-order valence-corrected chi connectivity index (χ1v) is 6.73. The third kappa shape index (κ3) is 1.81. The molecule has 1 N–H and O–H groups in total. The Labute approximate surface area is 118 Å². The third-order valence-corrected chi connectivity index (χ3v) is 4.05. The average molecular weight is 264 g/mol. The van der Waals surface area contributed by atoms with E-state index >= 15 is 0 Å². The van der Waals surface area contributed by atoms with Crippen molar-refractivity contribution < 1.29 is 9.90 Å². The molecule has 1 aliphatic carbocycles. The van der Waals surface area contributed by atoms with Gasteiger partial charge in [0.25, 0.3) is 0 Å². The van der Waals surface area contributed by atoms with Gasteiger partial charge in [-0.1, -0.05) is 67.6 Å². The Kier molecular flexibility index (Phi) is 3.03. The highest BCUT2D eigenvalue weighted by Crippen LogP contribution is 2.46. The van der Waals surface area contributed by atoms with Gasteiger partial charge in [0.2, 0.25) is 0 Å². The van der Waals surface area contributed by atoms with Crippen LogP contribution in [0.4, 0.5) is 0 Å². The van der Waals surface area contributed by atoms with E-state index in [1.807, 2.05) is 60.7 Å². The quantitative estimate of drug-likeness (QED) is 0.904. The number of benzene rings is 2. The van der Waals surface area contributed by atoms with E-state index in [0.717, 1.165) is 11.1 Å². The monoisotopic (exact) mass is 264 g/mol. The minimum Gasteiger partial charge on any atom is -0.380 e. The molecule has 0 radical (unpaired) electrons. The van der Waals surface area contributed by atoms with Crippen molar-refractivity contribution in [3.63, 3.8) is 0 Å². The van der Waals surface area contributed by atoms with Gasteiger partial charge in [0.05, 0.1) is 5.92 Å². The van der Waals surface area contributed by atoms with Gasteiger partial charge in [-0.15, -0.1) is 0 Å². The smallest absolute Gasteiger partial charge is 0.162 e. The van der Waals surface area contributed by atoms with Crippen molar-refractivity contribution in [1.82, 2.24) is 0 Å². The molecule has 2 atom stereocenters. The number of rotatable bonds is 2. The second-order valence-corrected chi connectivity index (χ2v) is 5.18. The van der Waals surface area contributed by atoms with Crippen LogP contribution in [0, 0.1) is 5.92 Å². The van der Waals surface area contributed by atoms with Gasteiger partial charge in [-0.05, 0) is 22.8 Å². The first-order chi connectivity index (χ1) is 9.64. The topological polar surface area (TPSA) is 37.3 Å². The van der Waals surface area contributed by atoms with Crippen molar-refractivity contribution in [1.29, 1.82) is 0 Å². The van der Waals surface area contributed by atoms with Gasteiger partial charge in [0.1, 0.15) is 5.60 Å². The summed E-state index contributed by atoms with van der Waals surface area (Å²) >= 11 is 0. The summed E-state index contributed by atoms with van der Waals surface area (Å²) in [5, 5.41) is 11.2. The van der Waals surface area contributed by atoms with Gasteiger partial charge in [-0.2, -0.15) is 0 Å². The molecule has 0 aromatic heterocycles. The molecular formula is C18H16O2. The normalized spacial score (nSPS) is 25.6. The molecule has 2 aromatic rings. The van der Waals surface area contributed by atoms with Crippen molar-refractivity contribution in [2.75, 3.05) is 0 Å². The highest BCUT2D eigenvalue weighted by Gasteiger charge is 2.47. The molecule has 0 heterocycles. The maximum absolute atomic E-state index is 12.1. The predicted octanol–water partition coefficient (Wildman–Crippen LogP) is 3.18. The predicted molar refractivity (Wildman–Crippen MR) is 78.9 cm³/mol. The van der Waals surface area contributed by atoms with Crippen molar-refractivity contribution in [3.05, 3.63) is 77.9 Å². The van der Waals surface area contributed by atoms with Crippen LogP contribution < -0.4 is 0 Å². The molecule has 2 aromatic carbocycles. The van der Waals surface area contributed by atoms with Gasteiger partial charge in [-0.25, -0.2) is 0 Å². The van der Waals surface area contributed by atoms with Gasteiger partial charge in [-0.3, -0.25) is 4.79 Å². The molecule has 0 amide bonds. The number of carbonyl (C=O) groups is 1. The fourth-order valence-corrected chi connectivity index (χ4v) is 2.84. The first-order valence-electron chi connectivity index (χ1n) is 6.73. The molecule has 0 fully saturated rings. The molecule has 0 saturated heterocycles. The summed E-state index contributed by atoms with van der Waals surface area (Å²) in [6, 6.07) is 19.0. The highest BCUT2D eigenvalue weighted by molar-refractivity contribution is 6.06. The van der Waals surface area contributed by atoms with Crippen LogP contribution in [0.3, 0.4) is 0 Å². The van der Waals surface area contributed by atoms with E-state index < -0.39 is 11.5 Å². The van der Waals surface area contributed by atoms with Gasteiger partial charge in [0, 0.05) is 0 Å². The summed E-state index contributed by atoms with van der Waals surface area (Å²) in [6.07, 6.45) is 1.58. The van der Waals surface area contributed by atoms with E-state index in [1.54, 1.807) is 13.0 Å². The fourth-order valence-electron chi connectivity index (χ4n) is 2.84. The molecule has 2 unspecified atom stereocenters. The maximum atomic E-state index is 12.1. The number of aliphatic hydroxyl groups is 1. The molecule has 20 heavy (non-hydrogen) atoms. The van der Waals surface area contributed by atoms with Gasteiger partial charge >= 0.3 is 0 Å². The molecule has 1 aliphatic rings. The van der Waals surface area contributed by atoms with Crippen LogP contribution in [0.5, 0.6) is 0 Å². The maximum Gasteiger partial charge on any atom is 0.162 e. The summed E-state index contributed by atoms with van der Waals surface area (Å²) in [5.74, 6) is -0.504. The Balaban J connectivity index is 2.18. The third-order valence-electron chi connectivity index (χ3n) is 4.05.